The zero-order valence-corrected chi connectivity index (χ0v) is 11.5. The largest absolute Gasteiger partial charge is 0.384 e. The molecule has 0 spiro atoms. The van der Waals surface area contributed by atoms with E-state index in [1.165, 1.54) is 12.3 Å². The Labute approximate surface area is 113 Å². The van der Waals surface area contributed by atoms with Gasteiger partial charge in [-0.3, -0.25) is 4.79 Å². The molecule has 0 aliphatic heterocycles. The van der Waals surface area contributed by atoms with Crippen LogP contribution in [0.1, 0.15) is 37.0 Å². The van der Waals surface area contributed by atoms with Crippen LogP contribution >= 0.6 is 0 Å². The fourth-order valence-corrected chi connectivity index (χ4v) is 1.59. The van der Waals surface area contributed by atoms with E-state index in [1.807, 2.05) is 13.8 Å². The summed E-state index contributed by atoms with van der Waals surface area (Å²) in [5.74, 6) is -0.232. The van der Waals surface area contributed by atoms with Gasteiger partial charge in [-0.05, 0) is 32.8 Å². The maximum atomic E-state index is 11.3. The van der Waals surface area contributed by atoms with Gasteiger partial charge in [-0.2, -0.15) is 0 Å². The average molecular weight is 266 g/mol. The number of nitrogen functional groups attached to an aromatic ring is 1. The Bertz CT molecular complexity index is 421. The van der Waals surface area contributed by atoms with E-state index in [2.05, 4.69) is 10.3 Å². The third kappa shape index (κ3) is 5.56. The number of pyridine rings is 1. The minimum Gasteiger partial charge on any atom is -0.384 e. The zero-order valence-electron chi connectivity index (χ0n) is 11.5. The summed E-state index contributed by atoms with van der Waals surface area (Å²) in [5, 5.41) is 3.14. The molecule has 0 bridgehead atoms. The van der Waals surface area contributed by atoms with Crippen LogP contribution in [0.3, 0.4) is 0 Å². The molecule has 0 unspecified atom stereocenters. The van der Waals surface area contributed by atoms with Crippen molar-refractivity contribution in [3.8, 4) is 0 Å². The van der Waals surface area contributed by atoms with Crippen LogP contribution in [0.15, 0.2) is 12.3 Å². The molecule has 106 valence electrons. The van der Waals surface area contributed by atoms with Crippen molar-refractivity contribution >= 4 is 17.4 Å². The van der Waals surface area contributed by atoms with Crippen molar-refractivity contribution in [3.05, 3.63) is 17.8 Å². The predicted molar refractivity (Wildman–Crippen MR) is 76.0 cm³/mol. The Kier molecular flexibility index (Phi) is 6.08. The van der Waals surface area contributed by atoms with Gasteiger partial charge < -0.3 is 21.5 Å². The maximum Gasteiger partial charge on any atom is 0.250 e. The number of anilines is 2. The van der Waals surface area contributed by atoms with E-state index in [9.17, 15) is 4.79 Å². The van der Waals surface area contributed by atoms with Crippen molar-refractivity contribution in [2.24, 2.45) is 5.73 Å². The molecule has 1 aromatic heterocycles. The number of hydrogen-bond donors (Lipinski definition) is 3. The van der Waals surface area contributed by atoms with Crippen LogP contribution in [0.2, 0.25) is 0 Å². The summed E-state index contributed by atoms with van der Waals surface area (Å²) in [7, 11) is 0. The van der Waals surface area contributed by atoms with Crippen molar-refractivity contribution in [1.29, 1.82) is 0 Å². The van der Waals surface area contributed by atoms with E-state index < -0.39 is 5.91 Å². The Hall–Kier alpha value is -1.82. The SMILES string of the molecule is CC(C)OCCCCNc1cnc(N)cc1C(N)=O. The van der Waals surface area contributed by atoms with Crippen LogP contribution in [-0.4, -0.2) is 30.1 Å². The normalized spacial score (nSPS) is 10.7. The van der Waals surface area contributed by atoms with Gasteiger partial charge >= 0.3 is 0 Å². The highest BCUT2D eigenvalue weighted by Crippen LogP contribution is 2.15. The summed E-state index contributed by atoms with van der Waals surface area (Å²) in [5.41, 5.74) is 11.8. The molecule has 0 aliphatic carbocycles. The van der Waals surface area contributed by atoms with Gasteiger partial charge in [0, 0.05) is 13.2 Å². The average Bonchev–Trinajstić information content (AvgIpc) is 2.34. The van der Waals surface area contributed by atoms with E-state index in [4.69, 9.17) is 16.2 Å². The van der Waals surface area contributed by atoms with Gasteiger partial charge in [-0.1, -0.05) is 0 Å². The number of nitrogens with one attached hydrogen (secondary N) is 1. The van der Waals surface area contributed by atoms with E-state index in [-0.39, 0.29) is 11.9 Å². The second kappa shape index (κ2) is 7.58. The van der Waals surface area contributed by atoms with Crippen LogP contribution in [0.25, 0.3) is 0 Å². The highest BCUT2D eigenvalue weighted by molar-refractivity contribution is 5.98. The summed E-state index contributed by atoms with van der Waals surface area (Å²) in [6, 6.07) is 1.48. The summed E-state index contributed by atoms with van der Waals surface area (Å²) >= 11 is 0. The fourth-order valence-electron chi connectivity index (χ4n) is 1.59. The third-order valence-corrected chi connectivity index (χ3v) is 2.53. The number of nitrogens with zero attached hydrogens (tertiary/aromatic N) is 1. The first-order valence-corrected chi connectivity index (χ1v) is 6.41. The first kappa shape index (κ1) is 15.2. The Morgan fingerprint density at radius 1 is 1.47 bits per heavy atom. The molecule has 0 saturated carbocycles. The highest BCUT2D eigenvalue weighted by Gasteiger charge is 2.08. The Morgan fingerprint density at radius 2 is 2.21 bits per heavy atom. The van der Waals surface area contributed by atoms with E-state index >= 15 is 0 Å². The van der Waals surface area contributed by atoms with E-state index in [0.717, 1.165) is 26.0 Å². The van der Waals surface area contributed by atoms with Crippen LogP contribution in [-0.2, 0) is 4.74 Å². The molecule has 5 N–H and O–H groups in total. The van der Waals surface area contributed by atoms with Gasteiger partial charge in [0.25, 0.3) is 5.91 Å². The number of rotatable bonds is 8. The van der Waals surface area contributed by atoms with Gasteiger partial charge in [-0.25, -0.2) is 4.98 Å². The molecular weight excluding hydrogens is 244 g/mol. The van der Waals surface area contributed by atoms with Gasteiger partial charge in [-0.15, -0.1) is 0 Å². The molecule has 0 atom stereocenters. The molecule has 6 nitrogen and oxygen atoms in total. The number of hydrogen-bond acceptors (Lipinski definition) is 5. The molecule has 0 aliphatic rings. The number of ether oxygens (including phenoxy) is 1. The van der Waals surface area contributed by atoms with Crippen LogP contribution in [0.4, 0.5) is 11.5 Å². The number of primary amides is 1. The topological polar surface area (TPSA) is 103 Å². The number of aromatic nitrogens is 1. The minimum atomic E-state index is -0.514. The van der Waals surface area contributed by atoms with E-state index in [0.29, 0.717) is 11.3 Å². The lowest BCUT2D eigenvalue weighted by atomic mass is 10.2. The lowest BCUT2D eigenvalue weighted by Crippen LogP contribution is -2.16. The number of carbonyl (C=O) groups excluding carboxylic acids is 1. The first-order valence-electron chi connectivity index (χ1n) is 6.41. The Balaban J connectivity index is 2.39. The van der Waals surface area contributed by atoms with Gasteiger partial charge in [0.2, 0.25) is 0 Å². The molecule has 19 heavy (non-hydrogen) atoms. The lowest BCUT2D eigenvalue weighted by molar-refractivity contribution is 0.0765. The quantitative estimate of drug-likeness (QED) is 0.617. The number of unbranched alkanes of at least 4 members (excludes halogenated alkanes) is 1. The van der Waals surface area contributed by atoms with Gasteiger partial charge in [0.15, 0.2) is 0 Å². The van der Waals surface area contributed by atoms with Crippen molar-refractivity contribution in [2.75, 3.05) is 24.2 Å². The highest BCUT2D eigenvalue weighted by atomic mass is 16.5. The van der Waals surface area contributed by atoms with Gasteiger partial charge in [0.05, 0.1) is 23.6 Å². The van der Waals surface area contributed by atoms with Crippen molar-refractivity contribution in [1.82, 2.24) is 4.98 Å². The third-order valence-electron chi connectivity index (χ3n) is 2.53. The summed E-state index contributed by atoms with van der Waals surface area (Å²) < 4.78 is 5.44. The first-order chi connectivity index (χ1) is 9.00. The van der Waals surface area contributed by atoms with Gasteiger partial charge in [0.1, 0.15) is 5.82 Å². The fraction of sp³-hybridized carbons (Fsp3) is 0.538. The smallest absolute Gasteiger partial charge is 0.250 e. The Morgan fingerprint density at radius 3 is 2.84 bits per heavy atom. The second-order valence-corrected chi connectivity index (χ2v) is 4.57. The molecular formula is C13H22N4O2. The molecule has 1 amide bonds. The molecule has 1 heterocycles. The molecule has 0 saturated heterocycles. The molecule has 1 rings (SSSR count). The van der Waals surface area contributed by atoms with Crippen LogP contribution in [0, 0.1) is 0 Å². The summed E-state index contributed by atoms with van der Waals surface area (Å²) in [6.07, 6.45) is 3.69. The molecule has 0 radical (unpaired) electrons. The number of amides is 1. The van der Waals surface area contributed by atoms with Crippen LogP contribution < -0.4 is 16.8 Å². The van der Waals surface area contributed by atoms with E-state index in [1.54, 1.807) is 0 Å². The number of carbonyl (C=O) groups is 1. The lowest BCUT2D eigenvalue weighted by Gasteiger charge is -2.11. The minimum absolute atomic E-state index is 0.260. The summed E-state index contributed by atoms with van der Waals surface area (Å²) in [4.78, 5) is 15.2. The monoisotopic (exact) mass is 266 g/mol. The van der Waals surface area contributed by atoms with Crippen molar-refractivity contribution < 1.29 is 9.53 Å². The number of nitrogens with two attached hydrogens (primary N) is 2. The van der Waals surface area contributed by atoms with Crippen LogP contribution in [0.5, 0.6) is 0 Å². The predicted octanol–water partition coefficient (Wildman–Crippen LogP) is 1.38. The summed E-state index contributed by atoms with van der Waals surface area (Å²) in [6.45, 7) is 5.49. The maximum absolute atomic E-state index is 11.3. The van der Waals surface area contributed by atoms with Crippen molar-refractivity contribution in [3.63, 3.8) is 0 Å². The molecule has 1 aromatic rings. The molecule has 0 fully saturated rings. The molecule has 6 heteroatoms. The molecule has 0 aromatic carbocycles. The standard InChI is InChI=1S/C13H22N4O2/c1-9(2)19-6-4-3-5-16-11-8-17-12(14)7-10(11)13(15)18/h7-9,16H,3-6H2,1-2H3,(H2,14,17)(H2,15,18). The van der Waals surface area contributed by atoms with Crippen molar-refractivity contribution in [2.45, 2.75) is 32.8 Å². The second-order valence-electron chi connectivity index (χ2n) is 4.57. The zero-order chi connectivity index (χ0) is 14.3.